The Morgan fingerprint density at radius 3 is 1.84 bits per heavy atom. The van der Waals surface area contributed by atoms with Gasteiger partial charge in [-0.15, -0.1) is 11.5 Å². The van der Waals surface area contributed by atoms with Crippen LogP contribution in [0.15, 0.2) is 18.2 Å². The van der Waals surface area contributed by atoms with Crippen LogP contribution in [0.2, 0.25) is 18.1 Å². The summed E-state index contributed by atoms with van der Waals surface area (Å²) in [5.41, 5.74) is -1.05. The Bertz CT molecular complexity index is 888. The summed E-state index contributed by atoms with van der Waals surface area (Å²) in [5, 5.41) is 2.04. The maximum absolute atomic E-state index is 13.0. The van der Waals surface area contributed by atoms with Crippen LogP contribution in [0.4, 0.5) is 26.3 Å². The van der Waals surface area contributed by atoms with E-state index in [2.05, 4.69) is 21.5 Å². The predicted molar refractivity (Wildman–Crippen MR) is 109 cm³/mol. The van der Waals surface area contributed by atoms with Crippen molar-refractivity contribution in [2.24, 2.45) is 0 Å². The summed E-state index contributed by atoms with van der Waals surface area (Å²) in [6.45, 7) is 10.1. The minimum Gasteiger partial charge on any atom is -0.467 e. The SMILES string of the molecule is COC(=O)[C@H](CC#C[Si](C)(C)C(C)(C)C)NC(=O)c1cc(C(F)(F)F)cc(C(F)(F)F)c1. The monoisotopic (exact) mass is 481 g/mol. The van der Waals surface area contributed by atoms with E-state index in [-0.39, 0.29) is 17.5 Å². The van der Waals surface area contributed by atoms with Crippen molar-refractivity contribution in [3.8, 4) is 11.5 Å². The lowest BCUT2D eigenvalue weighted by Gasteiger charge is -2.31. The molecule has 0 aromatic heterocycles. The molecule has 1 rings (SSSR count). The molecule has 0 spiro atoms. The van der Waals surface area contributed by atoms with Crippen molar-refractivity contribution in [2.75, 3.05) is 7.11 Å². The molecule has 178 valence electrons. The van der Waals surface area contributed by atoms with Crippen LogP contribution in [0, 0.1) is 11.5 Å². The molecule has 4 nitrogen and oxygen atoms in total. The highest BCUT2D eigenvalue weighted by molar-refractivity contribution is 6.87. The van der Waals surface area contributed by atoms with Gasteiger partial charge in [-0.05, 0) is 23.2 Å². The number of halogens is 6. The molecular formula is C21H25F6NO3Si. The largest absolute Gasteiger partial charge is 0.467 e. The van der Waals surface area contributed by atoms with E-state index in [1.54, 1.807) is 0 Å². The highest BCUT2D eigenvalue weighted by atomic mass is 28.3. The number of rotatable bonds is 4. The first-order valence-electron chi connectivity index (χ1n) is 9.48. The molecular weight excluding hydrogens is 456 g/mol. The molecule has 0 aliphatic carbocycles. The average Bonchev–Trinajstić information content (AvgIpc) is 2.63. The van der Waals surface area contributed by atoms with E-state index >= 15 is 0 Å². The van der Waals surface area contributed by atoms with Crippen LogP contribution >= 0.6 is 0 Å². The van der Waals surface area contributed by atoms with E-state index in [1.165, 1.54) is 0 Å². The van der Waals surface area contributed by atoms with E-state index in [0.29, 0.717) is 12.1 Å². The number of hydrogen-bond donors (Lipinski definition) is 1. The molecule has 0 aliphatic rings. The number of esters is 1. The van der Waals surface area contributed by atoms with Gasteiger partial charge in [-0.2, -0.15) is 26.3 Å². The number of hydrogen-bond acceptors (Lipinski definition) is 3. The van der Waals surface area contributed by atoms with Crippen molar-refractivity contribution in [1.29, 1.82) is 0 Å². The molecule has 1 amide bonds. The van der Waals surface area contributed by atoms with Gasteiger partial charge < -0.3 is 10.1 Å². The van der Waals surface area contributed by atoms with Crippen LogP contribution in [-0.4, -0.2) is 33.1 Å². The maximum Gasteiger partial charge on any atom is 0.416 e. The van der Waals surface area contributed by atoms with E-state index < -0.39 is 55.0 Å². The van der Waals surface area contributed by atoms with Gasteiger partial charge in [0.2, 0.25) is 0 Å². The van der Waals surface area contributed by atoms with E-state index in [1.807, 2.05) is 33.9 Å². The summed E-state index contributed by atoms with van der Waals surface area (Å²) in [6.07, 6.45) is -10.4. The number of amides is 1. The molecule has 1 atom stereocenters. The van der Waals surface area contributed by atoms with Crippen molar-refractivity contribution in [1.82, 2.24) is 5.32 Å². The normalized spacial score (nSPS) is 13.6. The molecule has 0 heterocycles. The fourth-order valence-corrected chi connectivity index (χ4v) is 3.14. The van der Waals surface area contributed by atoms with Crippen molar-refractivity contribution in [3.63, 3.8) is 0 Å². The van der Waals surface area contributed by atoms with Crippen LogP contribution in [0.25, 0.3) is 0 Å². The second kappa shape index (κ2) is 9.56. The fraction of sp³-hybridized carbons (Fsp3) is 0.524. The van der Waals surface area contributed by atoms with Gasteiger partial charge in [0.1, 0.15) is 14.1 Å². The molecule has 1 N–H and O–H groups in total. The highest BCUT2D eigenvalue weighted by Gasteiger charge is 2.38. The molecule has 0 aliphatic heterocycles. The van der Waals surface area contributed by atoms with Gasteiger partial charge in [0.05, 0.1) is 18.2 Å². The van der Waals surface area contributed by atoms with Crippen LogP contribution in [0.5, 0.6) is 0 Å². The summed E-state index contributed by atoms with van der Waals surface area (Å²) in [5.74, 6) is 0.601. The molecule has 0 radical (unpaired) electrons. The number of carbonyl (C=O) groups is 2. The Labute approximate surface area is 183 Å². The van der Waals surface area contributed by atoms with Gasteiger partial charge in [-0.25, -0.2) is 4.79 Å². The summed E-state index contributed by atoms with van der Waals surface area (Å²) >= 11 is 0. The quantitative estimate of drug-likeness (QED) is 0.270. The van der Waals surface area contributed by atoms with Crippen molar-refractivity contribution in [2.45, 2.75) is 63.7 Å². The molecule has 1 aromatic rings. The third-order valence-electron chi connectivity index (χ3n) is 5.22. The minimum absolute atomic E-state index is 0.0841. The predicted octanol–water partition coefficient (Wildman–Crippen LogP) is 5.44. The number of methoxy groups -OCH3 is 1. The van der Waals surface area contributed by atoms with Crippen LogP contribution in [-0.2, 0) is 21.9 Å². The van der Waals surface area contributed by atoms with Gasteiger partial charge in [0.25, 0.3) is 5.91 Å². The number of nitrogens with one attached hydrogen (secondary N) is 1. The maximum atomic E-state index is 13.0. The van der Waals surface area contributed by atoms with Crippen LogP contribution < -0.4 is 5.32 Å². The van der Waals surface area contributed by atoms with Gasteiger partial charge in [0.15, 0.2) is 0 Å². The molecule has 11 heteroatoms. The molecule has 0 fully saturated rings. The lowest BCUT2D eigenvalue weighted by atomic mass is 10.0. The third kappa shape index (κ3) is 7.29. The van der Waals surface area contributed by atoms with Crippen molar-refractivity contribution >= 4 is 20.0 Å². The summed E-state index contributed by atoms with van der Waals surface area (Å²) < 4.78 is 82.8. The van der Waals surface area contributed by atoms with E-state index in [9.17, 15) is 35.9 Å². The van der Waals surface area contributed by atoms with Gasteiger partial charge in [-0.1, -0.05) is 33.9 Å². The zero-order valence-electron chi connectivity index (χ0n) is 18.5. The second-order valence-electron chi connectivity index (χ2n) is 8.72. The Hall–Kier alpha value is -2.48. The summed E-state index contributed by atoms with van der Waals surface area (Å²) in [7, 11) is -1.02. The van der Waals surface area contributed by atoms with Gasteiger partial charge in [-0.3, -0.25) is 4.79 Å². The van der Waals surface area contributed by atoms with Crippen LogP contribution in [0.3, 0.4) is 0 Å². The third-order valence-corrected chi connectivity index (χ3v) is 9.77. The van der Waals surface area contributed by atoms with E-state index in [4.69, 9.17) is 0 Å². The highest BCUT2D eigenvalue weighted by Crippen LogP contribution is 2.37. The Kier molecular flexibility index (Phi) is 8.23. The Morgan fingerprint density at radius 1 is 1.00 bits per heavy atom. The second-order valence-corrected chi connectivity index (χ2v) is 13.7. The van der Waals surface area contributed by atoms with Gasteiger partial charge >= 0.3 is 18.3 Å². The molecule has 0 unspecified atom stereocenters. The number of carbonyl (C=O) groups excluding carboxylic acids is 2. The van der Waals surface area contributed by atoms with Crippen LogP contribution in [0.1, 0.15) is 48.7 Å². The molecule has 0 saturated carbocycles. The first kappa shape index (κ1) is 27.6. The molecule has 0 saturated heterocycles. The lowest BCUT2D eigenvalue weighted by molar-refractivity contribution is -0.144. The van der Waals surface area contributed by atoms with Crippen molar-refractivity contribution in [3.05, 3.63) is 34.9 Å². The molecule has 1 aromatic carbocycles. The smallest absolute Gasteiger partial charge is 0.416 e. The minimum atomic E-state index is -5.10. The number of benzene rings is 1. The molecule has 0 bridgehead atoms. The lowest BCUT2D eigenvalue weighted by Crippen LogP contribution is -2.41. The number of alkyl halides is 6. The standard InChI is InChI=1S/C21H25F6NO3Si/c1-19(2,3)32(5,6)9-7-8-16(18(30)31-4)28-17(29)13-10-14(20(22,23)24)12-15(11-13)21(25,26)27/h10-12,16H,8H2,1-6H3,(H,28,29)/t16-/m0/s1. The van der Waals surface area contributed by atoms with Gasteiger partial charge in [0, 0.05) is 12.0 Å². The zero-order chi connectivity index (χ0) is 25.1. The van der Waals surface area contributed by atoms with E-state index in [0.717, 1.165) is 7.11 Å². The first-order chi connectivity index (χ1) is 14.3. The Morgan fingerprint density at radius 2 is 1.47 bits per heavy atom. The number of ether oxygens (including phenoxy) is 1. The summed E-state index contributed by atoms with van der Waals surface area (Å²) in [6, 6.07) is -0.867. The topological polar surface area (TPSA) is 55.4 Å². The average molecular weight is 482 g/mol. The Balaban J connectivity index is 3.26. The zero-order valence-corrected chi connectivity index (χ0v) is 19.5. The molecule has 32 heavy (non-hydrogen) atoms. The fourth-order valence-electron chi connectivity index (χ4n) is 2.22. The first-order valence-corrected chi connectivity index (χ1v) is 12.5. The van der Waals surface area contributed by atoms with Crippen molar-refractivity contribution < 1.29 is 40.7 Å². The summed E-state index contributed by atoms with van der Waals surface area (Å²) in [4.78, 5) is 24.5.